The summed E-state index contributed by atoms with van der Waals surface area (Å²) in [6.45, 7) is 10.4. The molecule has 1 aliphatic carbocycles. The second kappa shape index (κ2) is 5.83. The van der Waals surface area contributed by atoms with Crippen LogP contribution in [0.2, 0.25) is 0 Å². The average Bonchev–Trinajstić information content (AvgIpc) is 3.10. The molecule has 0 radical (unpaired) electrons. The van der Waals surface area contributed by atoms with E-state index in [9.17, 15) is 5.11 Å². The normalized spacial score (nSPS) is 22.8. The minimum atomic E-state index is -0.888. The van der Waals surface area contributed by atoms with Crippen molar-refractivity contribution in [3.63, 3.8) is 0 Å². The summed E-state index contributed by atoms with van der Waals surface area (Å²) in [7, 11) is 0. The lowest BCUT2D eigenvalue weighted by Crippen LogP contribution is -2.35. The number of rotatable bonds is 2. The minimum absolute atomic E-state index is 0.135. The summed E-state index contributed by atoms with van der Waals surface area (Å²) in [4.78, 5) is 0. The molecular formula is C23H28O3. The molecule has 138 valence electrons. The second-order valence-electron chi connectivity index (χ2n) is 8.89. The van der Waals surface area contributed by atoms with Gasteiger partial charge in [-0.1, -0.05) is 39.8 Å². The van der Waals surface area contributed by atoms with E-state index in [4.69, 9.17) is 9.47 Å². The number of ether oxygens (including phenoxy) is 2. The molecule has 1 aliphatic heterocycles. The number of fused-ring (bicyclic) bond motifs is 1. The van der Waals surface area contributed by atoms with Gasteiger partial charge in [0, 0.05) is 11.1 Å². The molecule has 26 heavy (non-hydrogen) atoms. The van der Waals surface area contributed by atoms with Crippen molar-refractivity contribution in [2.45, 2.75) is 57.2 Å². The third kappa shape index (κ3) is 2.65. The Morgan fingerprint density at radius 3 is 1.88 bits per heavy atom. The zero-order chi connectivity index (χ0) is 18.6. The molecule has 0 bridgehead atoms. The maximum absolute atomic E-state index is 9.66. The first kappa shape index (κ1) is 17.6. The van der Waals surface area contributed by atoms with Crippen molar-refractivity contribution in [2.75, 3.05) is 13.2 Å². The van der Waals surface area contributed by atoms with Crippen molar-refractivity contribution in [1.29, 1.82) is 0 Å². The lowest BCUT2D eigenvalue weighted by Gasteiger charge is -2.42. The van der Waals surface area contributed by atoms with Crippen molar-refractivity contribution in [1.82, 2.24) is 0 Å². The number of hydrogen-bond acceptors (Lipinski definition) is 3. The Morgan fingerprint density at radius 2 is 1.27 bits per heavy atom. The quantitative estimate of drug-likeness (QED) is 0.827. The van der Waals surface area contributed by atoms with Crippen LogP contribution in [0.25, 0.3) is 0 Å². The molecule has 1 fully saturated rings. The zero-order valence-electron chi connectivity index (χ0n) is 16.1. The van der Waals surface area contributed by atoms with Gasteiger partial charge in [0.05, 0.1) is 13.2 Å². The van der Waals surface area contributed by atoms with E-state index < -0.39 is 5.79 Å². The molecule has 0 saturated carbocycles. The third-order valence-electron chi connectivity index (χ3n) is 6.17. The molecule has 2 aromatic carbocycles. The summed E-state index contributed by atoms with van der Waals surface area (Å²) in [6, 6.07) is 13.8. The molecule has 0 aromatic heterocycles. The molecule has 2 aromatic rings. The fourth-order valence-corrected chi connectivity index (χ4v) is 4.39. The van der Waals surface area contributed by atoms with E-state index in [1.54, 1.807) is 12.1 Å². The Balaban J connectivity index is 1.88. The van der Waals surface area contributed by atoms with Crippen LogP contribution in [0.15, 0.2) is 42.5 Å². The number of phenolic OH excluding ortho intramolecular Hbond substituents is 1. The molecule has 4 rings (SSSR count). The Labute approximate surface area is 156 Å². The summed E-state index contributed by atoms with van der Waals surface area (Å²) < 4.78 is 12.3. The van der Waals surface area contributed by atoms with Gasteiger partial charge in [0.15, 0.2) is 0 Å². The van der Waals surface area contributed by atoms with Crippen molar-refractivity contribution < 1.29 is 14.6 Å². The highest BCUT2D eigenvalue weighted by atomic mass is 16.7. The van der Waals surface area contributed by atoms with Gasteiger partial charge in [0.1, 0.15) is 5.75 Å². The molecule has 0 atom stereocenters. The van der Waals surface area contributed by atoms with Crippen LogP contribution in [0.4, 0.5) is 0 Å². The minimum Gasteiger partial charge on any atom is -0.508 e. The van der Waals surface area contributed by atoms with Gasteiger partial charge in [-0.05, 0) is 65.1 Å². The average molecular weight is 352 g/mol. The summed E-state index contributed by atoms with van der Waals surface area (Å²) in [5.41, 5.74) is 5.09. The van der Waals surface area contributed by atoms with Crippen molar-refractivity contribution in [2.24, 2.45) is 0 Å². The van der Waals surface area contributed by atoms with Crippen LogP contribution in [0.5, 0.6) is 5.75 Å². The van der Waals surface area contributed by atoms with E-state index in [-0.39, 0.29) is 16.6 Å². The number of aromatic hydroxyl groups is 1. The van der Waals surface area contributed by atoms with Gasteiger partial charge in [-0.15, -0.1) is 0 Å². The maximum Gasteiger partial charge on any atom is 0.222 e. The van der Waals surface area contributed by atoms with E-state index in [2.05, 4.69) is 45.9 Å². The van der Waals surface area contributed by atoms with Crippen LogP contribution in [-0.4, -0.2) is 18.3 Å². The molecular weight excluding hydrogens is 324 g/mol. The number of hydrogen-bond donors (Lipinski definition) is 1. The van der Waals surface area contributed by atoms with Gasteiger partial charge >= 0.3 is 0 Å². The van der Waals surface area contributed by atoms with E-state index in [0.29, 0.717) is 13.2 Å². The lowest BCUT2D eigenvalue weighted by atomic mass is 9.62. The van der Waals surface area contributed by atoms with E-state index in [0.717, 1.165) is 11.1 Å². The molecule has 1 saturated heterocycles. The number of benzene rings is 2. The van der Waals surface area contributed by atoms with Crippen molar-refractivity contribution in [3.05, 3.63) is 64.7 Å². The summed E-state index contributed by atoms with van der Waals surface area (Å²) in [6.07, 6.45) is 2.37. The molecule has 2 aliphatic rings. The third-order valence-corrected chi connectivity index (χ3v) is 6.17. The van der Waals surface area contributed by atoms with Gasteiger partial charge in [0.25, 0.3) is 0 Å². The Bertz CT molecular complexity index is 812. The van der Waals surface area contributed by atoms with E-state index in [1.165, 1.54) is 24.0 Å². The van der Waals surface area contributed by atoms with Crippen LogP contribution in [0, 0.1) is 0 Å². The zero-order valence-corrected chi connectivity index (χ0v) is 16.1. The Morgan fingerprint density at radius 1 is 0.731 bits per heavy atom. The Kier molecular flexibility index (Phi) is 3.94. The first-order valence-corrected chi connectivity index (χ1v) is 9.48. The predicted molar refractivity (Wildman–Crippen MR) is 103 cm³/mol. The van der Waals surface area contributed by atoms with Gasteiger partial charge in [-0.2, -0.15) is 0 Å². The molecule has 3 nitrogen and oxygen atoms in total. The highest BCUT2D eigenvalue weighted by Crippen LogP contribution is 2.48. The highest BCUT2D eigenvalue weighted by Gasteiger charge is 2.43. The largest absolute Gasteiger partial charge is 0.508 e. The second-order valence-corrected chi connectivity index (χ2v) is 8.89. The molecule has 3 heteroatoms. The first-order chi connectivity index (χ1) is 12.2. The van der Waals surface area contributed by atoms with Gasteiger partial charge in [-0.3, -0.25) is 0 Å². The molecule has 1 heterocycles. The van der Waals surface area contributed by atoms with Gasteiger partial charge in [0.2, 0.25) is 5.79 Å². The fourth-order valence-electron chi connectivity index (χ4n) is 4.39. The fraction of sp³-hybridized carbons (Fsp3) is 0.478. The van der Waals surface area contributed by atoms with Crippen LogP contribution < -0.4 is 0 Å². The van der Waals surface area contributed by atoms with Crippen molar-refractivity contribution >= 4 is 0 Å². The van der Waals surface area contributed by atoms with Crippen LogP contribution in [0.3, 0.4) is 0 Å². The molecule has 1 N–H and O–H groups in total. The van der Waals surface area contributed by atoms with E-state index in [1.807, 2.05) is 12.1 Å². The summed E-state index contributed by atoms with van der Waals surface area (Å²) in [5.74, 6) is -0.643. The van der Waals surface area contributed by atoms with Crippen LogP contribution >= 0.6 is 0 Å². The highest BCUT2D eigenvalue weighted by molar-refractivity contribution is 5.47. The van der Waals surface area contributed by atoms with Crippen LogP contribution in [-0.2, 0) is 26.1 Å². The standard InChI is InChI=1S/C23H28O3/c1-21(2)11-12-22(3,4)20-15-17(7-10-19(20)21)23(25-13-14-26-23)16-5-8-18(24)9-6-16/h5-10,15,24H,11-14H2,1-4H3. The molecule has 0 amide bonds. The lowest BCUT2D eigenvalue weighted by molar-refractivity contribution is -0.130. The molecule has 0 spiro atoms. The monoisotopic (exact) mass is 352 g/mol. The smallest absolute Gasteiger partial charge is 0.222 e. The van der Waals surface area contributed by atoms with Gasteiger partial charge in [-0.25, -0.2) is 0 Å². The SMILES string of the molecule is CC1(C)CCC(C)(C)c2cc(C3(c4ccc(O)cc4)OCCO3)ccc21. The maximum atomic E-state index is 9.66. The van der Waals surface area contributed by atoms with Gasteiger partial charge < -0.3 is 14.6 Å². The Hall–Kier alpha value is -1.84. The number of phenols is 1. The summed E-state index contributed by atoms with van der Waals surface area (Å²) in [5, 5.41) is 9.66. The predicted octanol–water partition coefficient (Wildman–Crippen LogP) is 4.99. The first-order valence-electron chi connectivity index (χ1n) is 9.48. The van der Waals surface area contributed by atoms with Crippen molar-refractivity contribution in [3.8, 4) is 5.75 Å². The summed E-state index contributed by atoms with van der Waals surface area (Å²) >= 11 is 0. The van der Waals surface area contributed by atoms with E-state index >= 15 is 0 Å². The van der Waals surface area contributed by atoms with Crippen LogP contribution in [0.1, 0.15) is 62.8 Å². The topological polar surface area (TPSA) is 38.7 Å². The molecule has 0 unspecified atom stereocenters.